The molecule has 0 aromatic carbocycles. The van der Waals surface area contributed by atoms with E-state index in [1.807, 2.05) is 6.92 Å². The third kappa shape index (κ3) is 12.1. The van der Waals surface area contributed by atoms with Crippen molar-refractivity contribution in [2.24, 2.45) is 11.8 Å². The second-order valence-corrected chi connectivity index (χ2v) is 7.39. The Bertz CT molecular complexity index is 560. The molecule has 0 fully saturated rings. The predicted octanol–water partition coefficient (Wildman–Crippen LogP) is 4.16. The van der Waals surface area contributed by atoms with Gasteiger partial charge in [0.2, 0.25) is 0 Å². The van der Waals surface area contributed by atoms with Crippen molar-refractivity contribution in [2.75, 3.05) is 19.8 Å². The van der Waals surface area contributed by atoms with Crippen LogP contribution in [0.2, 0.25) is 0 Å². The van der Waals surface area contributed by atoms with Gasteiger partial charge >= 0.3 is 17.9 Å². The fourth-order valence-corrected chi connectivity index (χ4v) is 2.20. The third-order valence-corrected chi connectivity index (χ3v) is 4.00. The van der Waals surface area contributed by atoms with Crippen LogP contribution in [0.3, 0.4) is 0 Å². The molecule has 0 aliphatic rings. The molecule has 6 nitrogen and oxygen atoms in total. The molecule has 0 aromatic rings. The molecule has 0 amide bonds. The van der Waals surface area contributed by atoms with Gasteiger partial charge in [0.25, 0.3) is 0 Å². The van der Waals surface area contributed by atoms with E-state index in [0.29, 0.717) is 23.3 Å². The highest BCUT2D eigenvalue weighted by atomic mass is 16.5. The van der Waals surface area contributed by atoms with Crippen molar-refractivity contribution in [1.82, 2.24) is 0 Å². The van der Waals surface area contributed by atoms with E-state index < -0.39 is 11.9 Å². The van der Waals surface area contributed by atoms with E-state index in [-0.39, 0.29) is 31.0 Å². The standard InChI is InChI=1S/C22H34O6/c1-15(2)20(23)26-12-18(7)10-8-9-11-19(13-27-21(24)16(3)4)14-28-22(25)17(5)6/h18-19H,1,3,5,8-14H2,2,4,6-7H3. The van der Waals surface area contributed by atoms with Crippen LogP contribution in [0.5, 0.6) is 0 Å². The molecule has 1 atom stereocenters. The number of ether oxygens (including phenoxy) is 3. The van der Waals surface area contributed by atoms with E-state index in [0.717, 1.165) is 25.7 Å². The molecule has 0 saturated heterocycles. The van der Waals surface area contributed by atoms with E-state index in [1.54, 1.807) is 20.8 Å². The quantitative estimate of drug-likeness (QED) is 0.191. The minimum absolute atomic E-state index is 0.0943. The SMILES string of the molecule is C=C(C)C(=O)OCC(C)CCCCC(COC(=O)C(=C)C)COC(=O)C(=C)C. The van der Waals surface area contributed by atoms with Gasteiger partial charge in [-0.25, -0.2) is 14.4 Å². The van der Waals surface area contributed by atoms with Crippen molar-refractivity contribution < 1.29 is 28.6 Å². The van der Waals surface area contributed by atoms with E-state index in [1.165, 1.54) is 0 Å². The lowest BCUT2D eigenvalue weighted by molar-refractivity contribution is -0.144. The molecular formula is C22H34O6. The van der Waals surface area contributed by atoms with Crippen molar-refractivity contribution >= 4 is 17.9 Å². The first-order chi connectivity index (χ1) is 13.0. The average Bonchev–Trinajstić information content (AvgIpc) is 2.63. The molecule has 0 heterocycles. The summed E-state index contributed by atoms with van der Waals surface area (Å²) in [6.07, 6.45) is 3.43. The fourth-order valence-electron chi connectivity index (χ4n) is 2.20. The second-order valence-electron chi connectivity index (χ2n) is 7.39. The van der Waals surface area contributed by atoms with Crippen molar-refractivity contribution in [3.8, 4) is 0 Å². The Morgan fingerprint density at radius 2 is 1.04 bits per heavy atom. The number of esters is 3. The lowest BCUT2D eigenvalue weighted by atomic mass is 9.99. The van der Waals surface area contributed by atoms with Crippen molar-refractivity contribution in [3.63, 3.8) is 0 Å². The highest BCUT2D eigenvalue weighted by Gasteiger charge is 2.16. The lowest BCUT2D eigenvalue weighted by Crippen LogP contribution is -2.21. The van der Waals surface area contributed by atoms with Crippen molar-refractivity contribution in [2.45, 2.75) is 53.4 Å². The van der Waals surface area contributed by atoms with Gasteiger partial charge in [-0.15, -0.1) is 0 Å². The molecule has 0 N–H and O–H groups in total. The molecule has 0 bridgehead atoms. The van der Waals surface area contributed by atoms with E-state index in [9.17, 15) is 14.4 Å². The normalized spacial score (nSPS) is 11.5. The van der Waals surface area contributed by atoms with Gasteiger partial charge < -0.3 is 14.2 Å². The number of rotatable bonds is 14. The molecule has 0 aliphatic heterocycles. The van der Waals surface area contributed by atoms with E-state index >= 15 is 0 Å². The minimum atomic E-state index is -0.454. The molecule has 0 spiro atoms. The van der Waals surface area contributed by atoms with Gasteiger partial charge in [0, 0.05) is 22.6 Å². The third-order valence-electron chi connectivity index (χ3n) is 4.00. The predicted molar refractivity (Wildman–Crippen MR) is 108 cm³/mol. The smallest absolute Gasteiger partial charge is 0.333 e. The molecule has 158 valence electrons. The molecule has 0 aromatic heterocycles. The van der Waals surface area contributed by atoms with Crippen LogP contribution < -0.4 is 0 Å². The summed E-state index contributed by atoms with van der Waals surface area (Å²) in [5, 5.41) is 0. The lowest BCUT2D eigenvalue weighted by Gasteiger charge is -2.18. The molecule has 28 heavy (non-hydrogen) atoms. The zero-order valence-corrected chi connectivity index (χ0v) is 17.7. The first kappa shape index (κ1) is 25.6. The number of carbonyl (C=O) groups excluding carboxylic acids is 3. The monoisotopic (exact) mass is 394 g/mol. The Morgan fingerprint density at radius 3 is 1.43 bits per heavy atom. The summed E-state index contributed by atoms with van der Waals surface area (Å²) >= 11 is 0. The van der Waals surface area contributed by atoms with Crippen LogP contribution in [0, 0.1) is 11.8 Å². The number of carbonyl (C=O) groups is 3. The molecule has 0 saturated carbocycles. The Hall–Kier alpha value is -2.37. The number of unbranched alkanes of at least 4 members (excludes halogenated alkanes) is 1. The summed E-state index contributed by atoms with van der Waals surface area (Å²) in [5.74, 6) is -1.13. The van der Waals surface area contributed by atoms with Crippen LogP contribution in [0.15, 0.2) is 36.5 Å². The highest BCUT2D eigenvalue weighted by Crippen LogP contribution is 2.16. The Labute approximate surface area is 168 Å². The molecular weight excluding hydrogens is 360 g/mol. The summed E-state index contributed by atoms with van der Waals surface area (Å²) in [6, 6.07) is 0. The maximum Gasteiger partial charge on any atom is 0.333 e. The van der Waals surface area contributed by atoms with Gasteiger partial charge in [0.05, 0.1) is 19.8 Å². The van der Waals surface area contributed by atoms with Gasteiger partial charge in [-0.3, -0.25) is 0 Å². The van der Waals surface area contributed by atoms with Crippen LogP contribution in [0.4, 0.5) is 0 Å². The summed E-state index contributed by atoms with van der Waals surface area (Å²) in [4.78, 5) is 34.6. The fraction of sp³-hybridized carbons (Fsp3) is 0.591. The zero-order chi connectivity index (χ0) is 21.7. The van der Waals surface area contributed by atoms with Crippen molar-refractivity contribution in [3.05, 3.63) is 36.5 Å². The summed E-state index contributed by atoms with van der Waals surface area (Å²) in [7, 11) is 0. The van der Waals surface area contributed by atoms with Gasteiger partial charge in [-0.2, -0.15) is 0 Å². The zero-order valence-electron chi connectivity index (χ0n) is 17.7. The summed E-state index contributed by atoms with van der Waals surface area (Å²) in [5.41, 5.74) is 1.05. The average molecular weight is 395 g/mol. The van der Waals surface area contributed by atoms with Crippen LogP contribution >= 0.6 is 0 Å². The van der Waals surface area contributed by atoms with Crippen LogP contribution in [-0.2, 0) is 28.6 Å². The summed E-state index contributed by atoms with van der Waals surface area (Å²) in [6.45, 7) is 18.2. The van der Waals surface area contributed by atoms with Crippen LogP contribution in [0.25, 0.3) is 0 Å². The van der Waals surface area contributed by atoms with Gasteiger partial charge in [-0.05, 0) is 39.5 Å². The van der Waals surface area contributed by atoms with Gasteiger partial charge in [0.15, 0.2) is 0 Å². The molecule has 6 heteroatoms. The first-order valence-electron chi connectivity index (χ1n) is 9.52. The maximum absolute atomic E-state index is 11.6. The summed E-state index contributed by atoms with van der Waals surface area (Å²) < 4.78 is 15.6. The van der Waals surface area contributed by atoms with E-state index in [4.69, 9.17) is 14.2 Å². The molecule has 0 rings (SSSR count). The van der Waals surface area contributed by atoms with Crippen molar-refractivity contribution in [1.29, 1.82) is 0 Å². The highest BCUT2D eigenvalue weighted by molar-refractivity contribution is 5.87. The minimum Gasteiger partial charge on any atom is -0.462 e. The Balaban J connectivity index is 4.33. The molecule has 0 aliphatic carbocycles. The van der Waals surface area contributed by atoms with Crippen LogP contribution in [0.1, 0.15) is 53.4 Å². The largest absolute Gasteiger partial charge is 0.462 e. The van der Waals surface area contributed by atoms with Gasteiger partial charge in [0.1, 0.15) is 0 Å². The Kier molecular flexibility index (Phi) is 12.6. The van der Waals surface area contributed by atoms with Gasteiger partial charge in [-0.1, -0.05) is 39.5 Å². The maximum atomic E-state index is 11.6. The second kappa shape index (κ2) is 13.7. The number of hydrogen-bond donors (Lipinski definition) is 0. The molecule has 0 radical (unpaired) electrons. The first-order valence-corrected chi connectivity index (χ1v) is 9.52. The Morgan fingerprint density at radius 1 is 0.679 bits per heavy atom. The number of hydrogen-bond acceptors (Lipinski definition) is 6. The molecule has 1 unspecified atom stereocenters. The van der Waals surface area contributed by atoms with Crippen LogP contribution in [-0.4, -0.2) is 37.7 Å². The van der Waals surface area contributed by atoms with E-state index in [2.05, 4.69) is 19.7 Å². The topological polar surface area (TPSA) is 78.9 Å².